The van der Waals surface area contributed by atoms with Crippen molar-refractivity contribution in [3.05, 3.63) is 29.8 Å². The Hall–Kier alpha value is -1.64. The Labute approximate surface area is 89.1 Å². The molecule has 0 spiro atoms. The number of hydrogen-bond donors (Lipinski definition) is 0. The molecule has 0 aliphatic carbocycles. The predicted octanol–water partition coefficient (Wildman–Crippen LogP) is 2.10. The van der Waals surface area contributed by atoms with Crippen LogP contribution in [-0.2, 0) is 4.79 Å². The lowest BCUT2D eigenvalue weighted by Gasteiger charge is -2.07. The summed E-state index contributed by atoms with van der Waals surface area (Å²) in [7, 11) is 0. The summed E-state index contributed by atoms with van der Waals surface area (Å²) in [5, 5.41) is 0. The van der Waals surface area contributed by atoms with Gasteiger partial charge >= 0.3 is 0 Å². The molecule has 0 aromatic heterocycles. The summed E-state index contributed by atoms with van der Waals surface area (Å²) in [5.74, 6) is 0.569. The highest BCUT2D eigenvalue weighted by Gasteiger charge is 2.07. The maximum Gasteiger partial charge on any atom is 0.172 e. The van der Waals surface area contributed by atoms with Crippen molar-refractivity contribution in [1.82, 2.24) is 0 Å². The summed E-state index contributed by atoms with van der Waals surface area (Å²) in [6.07, 6.45) is 0.747. The van der Waals surface area contributed by atoms with Gasteiger partial charge in [0, 0.05) is 11.5 Å². The zero-order chi connectivity index (χ0) is 11.3. The highest BCUT2D eigenvalue weighted by Crippen LogP contribution is 2.12. The molecule has 0 bridgehead atoms. The lowest BCUT2D eigenvalue weighted by atomic mass is 10.1. The molecule has 80 valence electrons. The molecular formula is C12H14O3. The summed E-state index contributed by atoms with van der Waals surface area (Å²) in [4.78, 5) is 21.8. The van der Waals surface area contributed by atoms with Crippen LogP contribution in [0.25, 0.3) is 0 Å². The van der Waals surface area contributed by atoms with Crippen LogP contribution in [0, 0.1) is 5.92 Å². The van der Waals surface area contributed by atoms with E-state index in [2.05, 4.69) is 0 Å². The van der Waals surface area contributed by atoms with Gasteiger partial charge in [0.25, 0.3) is 0 Å². The van der Waals surface area contributed by atoms with Gasteiger partial charge in [0.2, 0.25) is 0 Å². The fourth-order valence-corrected chi connectivity index (χ4v) is 0.999. The standard InChI is InChI=1S/C12H14O3/c1-9(2)12(14)8-15-11-5-3-4-10(6-11)7-13/h3-7,9H,8H2,1-2H3. The smallest absolute Gasteiger partial charge is 0.172 e. The van der Waals surface area contributed by atoms with Crippen LogP contribution in [-0.4, -0.2) is 18.7 Å². The second-order valence-electron chi connectivity index (χ2n) is 3.60. The van der Waals surface area contributed by atoms with Crippen LogP contribution < -0.4 is 4.74 Å². The molecule has 0 saturated heterocycles. The lowest BCUT2D eigenvalue weighted by Crippen LogP contribution is -2.16. The van der Waals surface area contributed by atoms with Crippen LogP contribution in [0.4, 0.5) is 0 Å². The fourth-order valence-electron chi connectivity index (χ4n) is 0.999. The van der Waals surface area contributed by atoms with Crippen molar-refractivity contribution in [3.8, 4) is 5.75 Å². The van der Waals surface area contributed by atoms with Crippen molar-refractivity contribution >= 4 is 12.1 Å². The molecule has 1 rings (SSSR count). The molecule has 0 atom stereocenters. The second-order valence-corrected chi connectivity index (χ2v) is 3.60. The molecule has 0 aliphatic rings. The van der Waals surface area contributed by atoms with E-state index in [0.717, 1.165) is 6.29 Å². The minimum atomic E-state index is -0.0285. The van der Waals surface area contributed by atoms with Crippen molar-refractivity contribution in [3.63, 3.8) is 0 Å². The molecule has 3 heteroatoms. The first-order valence-corrected chi connectivity index (χ1v) is 4.84. The van der Waals surface area contributed by atoms with E-state index in [1.165, 1.54) is 0 Å². The maximum absolute atomic E-state index is 11.3. The molecule has 0 N–H and O–H groups in total. The molecule has 0 amide bonds. The maximum atomic E-state index is 11.3. The third-order valence-corrected chi connectivity index (χ3v) is 2.02. The minimum absolute atomic E-state index is 0.0285. The van der Waals surface area contributed by atoms with Gasteiger partial charge < -0.3 is 4.74 Å². The second kappa shape index (κ2) is 5.29. The number of aldehydes is 1. The van der Waals surface area contributed by atoms with E-state index in [9.17, 15) is 9.59 Å². The summed E-state index contributed by atoms with van der Waals surface area (Å²) in [5.41, 5.74) is 0.546. The van der Waals surface area contributed by atoms with E-state index < -0.39 is 0 Å². The average molecular weight is 206 g/mol. The first-order valence-electron chi connectivity index (χ1n) is 4.84. The third-order valence-electron chi connectivity index (χ3n) is 2.02. The number of ketones is 1. The van der Waals surface area contributed by atoms with Crippen LogP contribution >= 0.6 is 0 Å². The zero-order valence-electron chi connectivity index (χ0n) is 8.90. The van der Waals surface area contributed by atoms with Gasteiger partial charge in [-0.05, 0) is 12.1 Å². The Morgan fingerprint density at radius 1 is 1.47 bits per heavy atom. The van der Waals surface area contributed by atoms with Gasteiger partial charge in [0.05, 0.1) is 0 Å². The SMILES string of the molecule is CC(C)C(=O)COc1cccc(C=O)c1. The van der Waals surface area contributed by atoms with Crippen LogP contribution in [0.15, 0.2) is 24.3 Å². The van der Waals surface area contributed by atoms with Crippen molar-refractivity contribution in [1.29, 1.82) is 0 Å². The predicted molar refractivity (Wildman–Crippen MR) is 57.2 cm³/mol. The molecule has 0 aliphatic heterocycles. The van der Waals surface area contributed by atoms with Crippen molar-refractivity contribution in [2.24, 2.45) is 5.92 Å². The largest absolute Gasteiger partial charge is 0.486 e. The summed E-state index contributed by atoms with van der Waals surface area (Å²) in [6.45, 7) is 3.71. The van der Waals surface area contributed by atoms with E-state index in [1.54, 1.807) is 24.3 Å². The highest BCUT2D eigenvalue weighted by molar-refractivity contribution is 5.81. The third kappa shape index (κ3) is 3.54. The van der Waals surface area contributed by atoms with Crippen LogP contribution in [0.1, 0.15) is 24.2 Å². The first kappa shape index (κ1) is 11.4. The number of benzene rings is 1. The topological polar surface area (TPSA) is 43.4 Å². The highest BCUT2D eigenvalue weighted by atomic mass is 16.5. The molecule has 0 unspecified atom stereocenters. The van der Waals surface area contributed by atoms with Crippen molar-refractivity contribution in [2.75, 3.05) is 6.61 Å². The van der Waals surface area contributed by atoms with Crippen molar-refractivity contribution < 1.29 is 14.3 Å². The van der Waals surface area contributed by atoms with Gasteiger partial charge in [0.15, 0.2) is 5.78 Å². The van der Waals surface area contributed by atoms with Crippen molar-refractivity contribution in [2.45, 2.75) is 13.8 Å². The van der Waals surface area contributed by atoms with E-state index in [-0.39, 0.29) is 18.3 Å². The molecule has 15 heavy (non-hydrogen) atoms. The Morgan fingerprint density at radius 2 is 2.20 bits per heavy atom. The number of rotatable bonds is 5. The van der Waals surface area contributed by atoms with E-state index in [4.69, 9.17) is 4.74 Å². The number of Topliss-reactive ketones (excluding diaryl/α,β-unsaturated/α-hetero) is 1. The zero-order valence-corrected chi connectivity index (χ0v) is 8.90. The molecule has 1 aromatic carbocycles. The number of carbonyl (C=O) groups is 2. The van der Waals surface area contributed by atoms with Gasteiger partial charge in [-0.3, -0.25) is 9.59 Å². The molecule has 0 saturated carbocycles. The summed E-state index contributed by atoms with van der Waals surface area (Å²) >= 11 is 0. The molecule has 0 heterocycles. The normalized spacial score (nSPS) is 10.1. The Morgan fingerprint density at radius 3 is 2.80 bits per heavy atom. The number of hydrogen-bond acceptors (Lipinski definition) is 3. The monoisotopic (exact) mass is 206 g/mol. The summed E-state index contributed by atoms with van der Waals surface area (Å²) in [6, 6.07) is 6.74. The molecule has 0 radical (unpaired) electrons. The average Bonchev–Trinajstić information content (AvgIpc) is 2.26. The van der Waals surface area contributed by atoms with E-state index in [1.807, 2.05) is 13.8 Å². The molecule has 1 aromatic rings. The number of ether oxygens (including phenoxy) is 1. The molecular weight excluding hydrogens is 192 g/mol. The Balaban J connectivity index is 2.57. The fraction of sp³-hybridized carbons (Fsp3) is 0.333. The lowest BCUT2D eigenvalue weighted by molar-refractivity contribution is -0.123. The number of carbonyl (C=O) groups excluding carboxylic acids is 2. The van der Waals surface area contributed by atoms with Gasteiger partial charge in [-0.25, -0.2) is 0 Å². The minimum Gasteiger partial charge on any atom is -0.486 e. The van der Waals surface area contributed by atoms with Crippen LogP contribution in [0.2, 0.25) is 0 Å². The Kier molecular flexibility index (Phi) is 4.03. The Bertz CT molecular complexity index is 356. The van der Waals surface area contributed by atoms with E-state index in [0.29, 0.717) is 11.3 Å². The van der Waals surface area contributed by atoms with Gasteiger partial charge in [-0.15, -0.1) is 0 Å². The van der Waals surface area contributed by atoms with Gasteiger partial charge in [-0.2, -0.15) is 0 Å². The molecule has 0 fully saturated rings. The van der Waals surface area contributed by atoms with Crippen LogP contribution in [0.3, 0.4) is 0 Å². The quantitative estimate of drug-likeness (QED) is 0.693. The van der Waals surface area contributed by atoms with E-state index >= 15 is 0 Å². The first-order chi connectivity index (χ1) is 7.13. The van der Waals surface area contributed by atoms with Crippen LogP contribution in [0.5, 0.6) is 5.75 Å². The van der Waals surface area contributed by atoms with Gasteiger partial charge in [-0.1, -0.05) is 26.0 Å². The van der Waals surface area contributed by atoms with Gasteiger partial charge in [0.1, 0.15) is 18.6 Å². The molecule has 3 nitrogen and oxygen atoms in total. The summed E-state index contributed by atoms with van der Waals surface area (Å²) < 4.78 is 5.26.